The predicted octanol–water partition coefficient (Wildman–Crippen LogP) is 18.6. The summed E-state index contributed by atoms with van der Waals surface area (Å²) in [5.74, 6) is 0.834. The molecule has 0 spiro atoms. The van der Waals surface area contributed by atoms with Crippen LogP contribution in [0.1, 0.15) is 308 Å². The van der Waals surface area contributed by atoms with E-state index >= 15 is 0 Å². The molecule has 0 heterocycles. The van der Waals surface area contributed by atoms with E-state index in [0.29, 0.717) is 42.6 Å². The number of rotatable bonds is 51. The maximum atomic E-state index is 13.6. The second-order valence-corrected chi connectivity index (χ2v) is 19.9. The van der Waals surface area contributed by atoms with Gasteiger partial charge in [-0.25, -0.2) is 4.79 Å². The van der Waals surface area contributed by atoms with Gasteiger partial charge in [0.2, 0.25) is 5.75 Å². The Morgan fingerprint density at radius 1 is 0.394 bits per heavy atom. The highest BCUT2D eigenvalue weighted by molar-refractivity contribution is 5.97. The number of esters is 1. The Morgan fingerprint density at radius 2 is 0.636 bits per heavy atom. The van der Waals surface area contributed by atoms with E-state index < -0.39 is 12.0 Å². The van der Waals surface area contributed by atoms with Crippen LogP contribution in [-0.2, 0) is 9.53 Å². The number of nitrogens with one attached hydrogen (secondary N) is 1. The summed E-state index contributed by atoms with van der Waals surface area (Å²) in [7, 11) is 1.33. The average Bonchev–Trinajstić information content (AvgIpc) is 3.32. The largest absolute Gasteiger partial charge is 0.490 e. The average molecular weight is 929 g/mol. The van der Waals surface area contributed by atoms with Crippen molar-refractivity contribution in [2.75, 3.05) is 26.9 Å². The van der Waals surface area contributed by atoms with E-state index in [-0.39, 0.29) is 5.91 Å². The van der Waals surface area contributed by atoms with Crippen LogP contribution in [0.5, 0.6) is 17.2 Å². The number of methoxy groups -OCH3 is 1. The second kappa shape index (κ2) is 47.6. The lowest BCUT2D eigenvalue weighted by Crippen LogP contribution is -2.39. The van der Waals surface area contributed by atoms with E-state index in [1.165, 1.54) is 238 Å². The van der Waals surface area contributed by atoms with E-state index in [1.54, 1.807) is 19.1 Å². The fourth-order valence-electron chi connectivity index (χ4n) is 9.01. The van der Waals surface area contributed by atoms with E-state index in [9.17, 15) is 9.59 Å². The van der Waals surface area contributed by atoms with Gasteiger partial charge >= 0.3 is 5.97 Å². The van der Waals surface area contributed by atoms with Gasteiger partial charge in [0.1, 0.15) is 6.04 Å². The monoisotopic (exact) mass is 928 g/mol. The minimum Gasteiger partial charge on any atom is -0.490 e. The molecule has 0 aliphatic heterocycles. The molecule has 1 rings (SSSR count). The summed E-state index contributed by atoms with van der Waals surface area (Å²) in [4.78, 5) is 25.8. The summed E-state index contributed by atoms with van der Waals surface area (Å²) in [5.41, 5.74) is 0.390. The van der Waals surface area contributed by atoms with Gasteiger partial charge in [0.15, 0.2) is 11.5 Å². The predicted molar refractivity (Wildman–Crippen MR) is 283 cm³/mol. The fourth-order valence-corrected chi connectivity index (χ4v) is 9.01. The molecule has 0 saturated carbocycles. The molecule has 66 heavy (non-hydrogen) atoms. The molecule has 0 aliphatic rings. The first-order valence-electron chi connectivity index (χ1n) is 28.9. The first-order valence-corrected chi connectivity index (χ1v) is 28.9. The van der Waals surface area contributed by atoms with Gasteiger partial charge in [0.05, 0.1) is 26.9 Å². The normalized spacial score (nSPS) is 11.8. The summed E-state index contributed by atoms with van der Waals surface area (Å²) >= 11 is 0. The van der Waals surface area contributed by atoms with Gasteiger partial charge in [-0.15, -0.1) is 0 Å². The van der Waals surface area contributed by atoms with Gasteiger partial charge in [0.25, 0.3) is 5.91 Å². The van der Waals surface area contributed by atoms with Crippen molar-refractivity contribution in [2.45, 2.75) is 303 Å². The molecule has 0 aromatic heterocycles. The number of ether oxygens (including phenoxy) is 4. The van der Waals surface area contributed by atoms with Crippen LogP contribution in [0.25, 0.3) is 0 Å². The van der Waals surface area contributed by atoms with Gasteiger partial charge in [-0.05, 0) is 38.3 Å². The third-order valence-electron chi connectivity index (χ3n) is 13.4. The maximum Gasteiger partial charge on any atom is 0.328 e. The minimum absolute atomic E-state index is 0.367. The molecule has 1 N–H and O–H groups in total. The van der Waals surface area contributed by atoms with Crippen molar-refractivity contribution in [1.82, 2.24) is 5.32 Å². The number of hydrogen-bond donors (Lipinski definition) is 1. The number of carbonyl (C=O) groups is 2. The Balaban J connectivity index is 2.77. The van der Waals surface area contributed by atoms with Crippen molar-refractivity contribution in [1.29, 1.82) is 0 Å². The summed E-state index contributed by atoms with van der Waals surface area (Å²) in [6.45, 7) is 10.2. The minimum atomic E-state index is -0.779. The first kappa shape index (κ1) is 61.6. The molecule has 0 unspecified atom stereocenters. The molecular weight excluding hydrogens is 819 g/mol. The molecule has 0 saturated heterocycles. The molecule has 0 fully saturated rings. The summed E-state index contributed by atoms with van der Waals surface area (Å²) in [5, 5.41) is 2.80. The zero-order valence-electron chi connectivity index (χ0n) is 44.5. The number of hydrogen-bond acceptors (Lipinski definition) is 6. The zero-order chi connectivity index (χ0) is 47.8. The Labute approximate surface area is 409 Å². The Bertz CT molecular complexity index is 1170. The molecule has 1 amide bonds. The van der Waals surface area contributed by atoms with Crippen LogP contribution in [-0.4, -0.2) is 44.8 Å². The highest BCUT2D eigenvalue weighted by atomic mass is 16.5. The lowest BCUT2D eigenvalue weighted by Gasteiger charge is -2.19. The van der Waals surface area contributed by atoms with Crippen LogP contribution < -0.4 is 19.5 Å². The molecule has 7 heteroatoms. The lowest BCUT2D eigenvalue weighted by atomic mass is 10.0. The molecule has 0 radical (unpaired) electrons. The Morgan fingerprint density at radius 3 is 0.894 bits per heavy atom. The maximum absolute atomic E-state index is 13.6. The van der Waals surface area contributed by atoms with E-state index in [2.05, 4.69) is 26.1 Å². The zero-order valence-corrected chi connectivity index (χ0v) is 44.5. The molecule has 386 valence electrons. The quantitative estimate of drug-likeness (QED) is 0.0518. The van der Waals surface area contributed by atoms with Gasteiger partial charge < -0.3 is 24.3 Å². The van der Waals surface area contributed by atoms with Crippen LogP contribution in [0.15, 0.2) is 12.1 Å². The van der Waals surface area contributed by atoms with Crippen molar-refractivity contribution in [3.63, 3.8) is 0 Å². The molecular formula is C59H109NO6. The highest BCUT2D eigenvalue weighted by Gasteiger charge is 2.22. The van der Waals surface area contributed by atoms with Crippen molar-refractivity contribution in [2.24, 2.45) is 0 Å². The second-order valence-electron chi connectivity index (χ2n) is 19.9. The van der Waals surface area contributed by atoms with Gasteiger partial charge in [-0.2, -0.15) is 0 Å². The van der Waals surface area contributed by atoms with E-state index in [0.717, 1.165) is 38.5 Å². The first-order chi connectivity index (χ1) is 32.5. The number of carbonyl (C=O) groups excluding carboxylic acids is 2. The lowest BCUT2D eigenvalue weighted by molar-refractivity contribution is -0.142. The SMILES string of the molecule is CCCCCCCCCCCCCCCCOc1cc(C(=O)N[C@@H](C)C(=O)OC)cc(OCCCCCCCCCCCCCCCC)c1OCCCCCCCCCCCCCCCC. The van der Waals surface area contributed by atoms with E-state index in [4.69, 9.17) is 18.9 Å². The molecule has 1 aromatic carbocycles. The van der Waals surface area contributed by atoms with Crippen LogP contribution in [0, 0.1) is 0 Å². The molecule has 0 bridgehead atoms. The standard InChI is InChI=1S/C59H109NO6/c1-6-9-12-15-18-21-24-27-30-33-36-39-42-45-48-64-55-51-54(58(61)60-53(4)59(62)63-5)52-56(65-49-46-43-40-37-34-31-28-25-22-19-16-13-10-7-2)57(55)66-50-47-44-41-38-35-32-29-26-23-20-17-14-11-8-3/h51-53H,6-50H2,1-5H3,(H,60,61)/t53-/m0/s1. The number of amides is 1. The summed E-state index contributed by atoms with van der Waals surface area (Å²) in [6.07, 6.45) is 54.9. The molecule has 7 nitrogen and oxygen atoms in total. The molecule has 0 aliphatic carbocycles. The Kier molecular flexibility index (Phi) is 44.4. The van der Waals surface area contributed by atoms with Crippen molar-refractivity contribution in [3.8, 4) is 17.2 Å². The Hall–Kier alpha value is -2.44. The molecule has 1 aromatic rings. The van der Waals surface area contributed by atoms with Crippen LogP contribution in [0.4, 0.5) is 0 Å². The third kappa shape index (κ3) is 36.6. The van der Waals surface area contributed by atoms with Crippen LogP contribution in [0.2, 0.25) is 0 Å². The number of benzene rings is 1. The smallest absolute Gasteiger partial charge is 0.328 e. The summed E-state index contributed by atoms with van der Waals surface area (Å²) in [6, 6.07) is 2.75. The van der Waals surface area contributed by atoms with Gasteiger partial charge in [0, 0.05) is 5.56 Å². The highest BCUT2D eigenvalue weighted by Crippen LogP contribution is 2.40. The van der Waals surface area contributed by atoms with E-state index in [1.807, 2.05) is 0 Å². The third-order valence-corrected chi connectivity index (χ3v) is 13.4. The van der Waals surface area contributed by atoms with Gasteiger partial charge in [-0.1, -0.05) is 271 Å². The van der Waals surface area contributed by atoms with Crippen molar-refractivity contribution >= 4 is 11.9 Å². The number of unbranched alkanes of at least 4 members (excludes halogenated alkanes) is 39. The van der Waals surface area contributed by atoms with Crippen LogP contribution >= 0.6 is 0 Å². The fraction of sp³-hybridized carbons (Fsp3) is 0.864. The van der Waals surface area contributed by atoms with Crippen molar-refractivity contribution < 1.29 is 28.5 Å². The van der Waals surface area contributed by atoms with Crippen molar-refractivity contribution in [3.05, 3.63) is 17.7 Å². The summed E-state index contributed by atoms with van der Waals surface area (Å²) < 4.78 is 24.4. The molecule has 1 atom stereocenters. The topological polar surface area (TPSA) is 83.1 Å². The van der Waals surface area contributed by atoms with Crippen LogP contribution in [0.3, 0.4) is 0 Å². The van der Waals surface area contributed by atoms with Gasteiger partial charge in [-0.3, -0.25) is 4.79 Å².